The summed E-state index contributed by atoms with van der Waals surface area (Å²) in [6, 6.07) is 7.62. The van der Waals surface area contributed by atoms with E-state index >= 15 is 0 Å². The molecule has 0 aliphatic carbocycles. The molecule has 134 valence electrons. The fourth-order valence-electron chi connectivity index (χ4n) is 2.54. The van der Waals surface area contributed by atoms with Crippen LogP contribution in [-0.4, -0.2) is 29.6 Å². The van der Waals surface area contributed by atoms with Crippen molar-refractivity contribution in [3.8, 4) is 0 Å². The Bertz CT molecular complexity index is 757. The van der Waals surface area contributed by atoms with Crippen molar-refractivity contribution in [2.45, 2.75) is 32.4 Å². The van der Waals surface area contributed by atoms with Crippen molar-refractivity contribution in [1.82, 2.24) is 9.55 Å². The van der Waals surface area contributed by atoms with E-state index in [0.29, 0.717) is 17.0 Å². The van der Waals surface area contributed by atoms with E-state index in [9.17, 15) is 9.59 Å². The maximum Gasteiger partial charge on any atom is 0.277 e. The number of aldehydes is 1. The molecule has 2 heterocycles. The molecule has 2 aromatic rings. The quantitative estimate of drug-likeness (QED) is 0.845. The molecule has 1 aromatic carbocycles. The zero-order valence-electron chi connectivity index (χ0n) is 14.4. The summed E-state index contributed by atoms with van der Waals surface area (Å²) in [6.45, 7) is 2.80. The Labute approximate surface area is 151 Å². The van der Waals surface area contributed by atoms with Crippen LogP contribution in [0.4, 0.5) is 5.69 Å². The van der Waals surface area contributed by atoms with E-state index in [-0.39, 0.29) is 18.1 Å². The SMILES string of the molecule is CCOC.O=CCn1cnc2c(c1=O)NC(c1ccc(Cl)cc1)CC2. The summed E-state index contributed by atoms with van der Waals surface area (Å²) in [5, 5.41) is 3.93. The number of benzene rings is 1. The minimum atomic E-state index is -0.203. The number of ether oxygens (including phenoxy) is 1. The van der Waals surface area contributed by atoms with Crippen LogP contribution in [0.5, 0.6) is 0 Å². The molecule has 0 saturated carbocycles. The number of carbonyl (C=O) groups is 1. The molecule has 1 N–H and O–H groups in total. The topological polar surface area (TPSA) is 73.2 Å². The van der Waals surface area contributed by atoms with Crippen LogP contribution < -0.4 is 10.9 Å². The van der Waals surface area contributed by atoms with E-state index < -0.39 is 0 Å². The Morgan fingerprint density at radius 3 is 2.68 bits per heavy atom. The highest BCUT2D eigenvalue weighted by Crippen LogP contribution is 2.29. The molecule has 1 atom stereocenters. The zero-order valence-corrected chi connectivity index (χ0v) is 15.1. The van der Waals surface area contributed by atoms with Gasteiger partial charge in [0.05, 0.1) is 24.6 Å². The highest BCUT2D eigenvalue weighted by atomic mass is 35.5. The summed E-state index contributed by atoms with van der Waals surface area (Å²) in [6.07, 6.45) is 3.71. The number of nitrogens with one attached hydrogen (secondary N) is 1. The molecule has 0 amide bonds. The summed E-state index contributed by atoms with van der Waals surface area (Å²) in [7, 11) is 1.68. The summed E-state index contributed by atoms with van der Waals surface area (Å²) < 4.78 is 5.85. The van der Waals surface area contributed by atoms with Gasteiger partial charge in [-0.05, 0) is 37.5 Å². The normalized spacial score (nSPS) is 15.4. The molecule has 0 fully saturated rings. The second-order valence-electron chi connectivity index (χ2n) is 5.55. The van der Waals surface area contributed by atoms with Crippen LogP contribution in [0.25, 0.3) is 0 Å². The number of halogens is 1. The van der Waals surface area contributed by atoms with Gasteiger partial charge in [-0.3, -0.25) is 9.36 Å². The third kappa shape index (κ3) is 4.90. The average Bonchev–Trinajstić information content (AvgIpc) is 2.65. The molecule has 0 spiro atoms. The van der Waals surface area contributed by atoms with Gasteiger partial charge in [0.15, 0.2) is 0 Å². The first-order valence-electron chi connectivity index (χ1n) is 8.13. The Balaban J connectivity index is 0.000000511. The number of anilines is 1. The third-order valence-electron chi connectivity index (χ3n) is 3.94. The highest BCUT2D eigenvalue weighted by Gasteiger charge is 2.23. The average molecular weight is 364 g/mol. The van der Waals surface area contributed by atoms with E-state index in [1.54, 1.807) is 7.11 Å². The van der Waals surface area contributed by atoms with Crippen molar-refractivity contribution < 1.29 is 9.53 Å². The van der Waals surface area contributed by atoms with E-state index in [0.717, 1.165) is 30.7 Å². The van der Waals surface area contributed by atoms with Crippen LogP contribution >= 0.6 is 11.6 Å². The fourth-order valence-corrected chi connectivity index (χ4v) is 2.67. The summed E-state index contributed by atoms with van der Waals surface area (Å²) in [5.74, 6) is 0. The summed E-state index contributed by atoms with van der Waals surface area (Å²) >= 11 is 5.90. The van der Waals surface area contributed by atoms with Crippen LogP contribution in [-0.2, 0) is 22.5 Å². The van der Waals surface area contributed by atoms with Crippen LogP contribution in [0.1, 0.15) is 30.6 Å². The Morgan fingerprint density at radius 1 is 1.40 bits per heavy atom. The number of rotatable bonds is 4. The summed E-state index contributed by atoms with van der Waals surface area (Å²) in [4.78, 5) is 27.2. The lowest BCUT2D eigenvalue weighted by molar-refractivity contribution is -0.108. The van der Waals surface area contributed by atoms with Crippen molar-refractivity contribution >= 4 is 23.6 Å². The van der Waals surface area contributed by atoms with E-state index in [4.69, 9.17) is 11.6 Å². The van der Waals surface area contributed by atoms with Gasteiger partial charge < -0.3 is 14.8 Å². The molecule has 1 aromatic heterocycles. The Hall–Kier alpha value is -2.18. The van der Waals surface area contributed by atoms with Crippen LogP contribution in [0.3, 0.4) is 0 Å². The first kappa shape index (κ1) is 19.1. The molecule has 0 bridgehead atoms. The minimum Gasteiger partial charge on any atom is -0.385 e. The van der Waals surface area contributed by atoms with Crippen molar-refractivity contribution in [1.29, 1.82) is 0 Å². The van der Waals surface area contributed by atoms with E-state index in [1.807, 2.05) is 31.2 Å². The molecular weight excluding hydrogens is 342 g/mol. The standard InChI is InChI=1S/C15H14ClN3O2.C3H8O/c16-11-3-1-10(2-4-11)12-5-6-13-14(18-12)15(21)19(7-8-20)9-17-13;1-3-4-2/h1-4,8-9,12,18H,5-7H2;3H2,1-2H3. The van der Waals surface area contributed by atoms with Gasteiger partial charge in [0.1, 0.15) is 12.0 Å². The largest absolute Gasteiger partial charge is 0.385 e. The number of nitrogens with zero attached hydrogens (tertiary/aromatic N) is 2. The number of aromatic nitrogens is 2. The second-order valence-corrected chi connectivity index (χ2v) is 5.99. The molecule has 7 heteroatoms. The predicted molar refractivity (Wildman–Crippen MR) is 98.2 cm³/mol. The molecule has 6 nitrogen and oxygen atoms in total. The Morgan fingerprint density at radius 2 is 2.08 bits per heavy atom. The maximum absolute atomic E-state index is 12.3. The lowest BCUT2D eigenvalue weighted by Crippen LogP contribution is -2.31. The smallest absolute Gasteiger partial charge is 0.277 e. The van der Waals surface area contributed by atoms with Crippen LogP contribution in [0.15, 0.2) is 35.4 Å². The van der Waals surface area contributed by atoms with Crippen molar-refractivity contribution in [3.63, 3.8) is 0 Å². The lowest BCUT2D eigenvalue weighted by atomic mass is 9.96. The monoisotopic (exact) mass is 363 g/mol. The van der Waals surface area contributed by atoms with E-state index in [2.05, 4.69) is 15.0 Å². The molecule has 0 saturated heterocycles. The molecule has 1 unspecified atom stereocenters. The number of carbonyl (C=O) groups excluding carboxylic acids is 1. The van der Waals surface area contributed by atoms with Gasteiger partial charge in [-0.25, -0.2) is 4.98 Å². The number of fused-ring (bicyclic) bond motifs is 1. The lowest BCUT2D eigenvalue weighted by Gasteiger charge is -2.26. The van der Waals surface area contributed by atoms with Crippen LogP contribution in [0, 0.1) is 0 Å². The van der Waals surface area contributed by atoms with Crippen molar-refractivity contribution in [2.75, 3.05) is 19.0 Å². The molecule has 1 aliphatic heterocycles. The van der Waals surface area contributed by atoms with Crippen molar-refractivity contribution in [2.24, 2.45) is 0 Å². The third-order valence-corrected chi connectivity index (χ3v) is 4.19. The van der Waals surface area contributed by atoms with Gasteiger partial charge >= 0.3 is 0 Å². The second kappa shape index (κ2) is 9.34. The first-order valence-corrected chi connectivity index (χ1v) is 8.51. The maximum atomic E-state index is 12.3. The fraction of sp³-hybridized carbons (Fsp3) is 0.389. The van der Waals surface area contributed by atoms with E-state index in [1.165, 1.54) is 10.9 Å². The van der Waals surface area contributed by atoms with Gasteiger partial charge in [0, 0.05) is 18.7 Å². The zero-order chi connectivity index (χ0) is 18.2. The molecule has 25 heavy (non-hydrogen) atoms. The molecular formula is C18H22ClN3O3. The van der Waals surface area contributed by atoms with Gasteiger partial charge in [0.2, 0.25) is 0 Å². The van der Waals surface area contributed by atoms with Crippen LogP contribution in [0.2, 0.25) is 5.02 Å². The number of aryl methyl sites for hydroxylation is 1. The van der Waals surface area contributed by atoms with Gasteiger partial charge in [-0.2, -0.15) is 0 Å². The molecule has 3 rings (SSSR count). The number of hydrogen-bond acceptors (Lipinski definition) is 5. The molecule has 1 aliphatic rings. The summed E-state index contributed by atoms with van der Waals surface area (Å²) in [5.41, 5.74) is 2.12. The number of methoxy groups -OCH3 is 1. The van der Waals surface area contributed by atoms with Gasteiger partial charge in [0.25, 0.3) is 5.56 Å². The molecule has 0 radical (unpaired) electrons. The first-order chi connectivity index (χ1) is 12.1. The Kier molecular flexibility index (Phi) is 7.16. The highest BCUT2D eigenvalue weighted by molar-refractivity contribution is 6.30. The van der Waals surface area contributed by atoms with Gasteiger partial charge in [-0.15, -0.1) is 0 Å². The predicted octanol–water partition coefficient (Wildman–Crippen LogP) is 2.85. The number of hydrogen-bond donors (Lipinski definition) is 1. The minimum absolute atomic E-state index is 0.0202. The van der Waals surface area contributed by atoms with Crippen molar-refractivity contribution in [3.05, 3.63) is 57.2 Å². The van der Waals surface area contributed by atoms with Gasteiger partial charge in [-0.1, -0.05) is 23.7 Å².